The summed E-state index contributed by atoms with van der Waals surface area (Å²) in [7, 11) is 0. The second-order valence-electron chi connectivity index (χ2n) is 4.06. The minimum absolute atomic E-state index is 0.0179. The highest BCUT2D eigenvalue weighted by Crippen LogP contribution is 2.32. The Hall–Kier alpha value is -1.36. The number of hydrogen-bond donors (Lipinski definition) is 1. The summed E-state index contributed by atoms with van der Waals surface area (Å²) < 4.78 is 5.00. The average molecular weight is 253 g/mol. The normalized spacial score (nSPS) is 23.5. The van der Waals surface area contributed by atoms with E-state index in [-0.39, 0.29) is 17.7 Å². The zero-order chi connectivity index (χ0) is 12.4. The predicted octanol–water partition coefficient (Wildman–Crippen LogP) is 2.17. The Labute approximate surface area is 104 Å². The predicted molar refractivity (Wildman–Crippen MR) is 66.4 cm³/mol. The first-order valence-corrected chi connectivity index (χ1v) is 6.55. The Kier molecular flexibility index (Phi) is 3.47. The van der Waals surface area contributed by atoms with Crippen LogP contribution in [0.25, 0.3) is 0 Å². The first-order chi connectivity index (χ1) is 8.15. The zero-order valence-corrected chi connectivity index (χ0v) is 10.7. The highest BCUT2D eigenvalue weighted by atomic mass is 32.1. The van der Waals surface area contributed by atoms with Crippen molar-refractivity contribution in [3.05, 3.63) is 17.0 Å². The molecule has 2 rings (SSSR count). The van der Waals surface area contributed by atoms with Gasteiger partial charge in [-0.1, -0.05) is 6.92 Å². The van der Waals surface area contributed by atoms with Gasteiger partial charge in [0.2, 0.25) is 0 Å². The van der Waals surface area contributed by atoms with E-state index in [4.69, 9.17) is 4.74 Å². The molecule has 0 aromatic carbocycles. The van der Waals surface area contributed by atoms with Crippen LogP contribution in [0.2, 0.25) is 0 Å². The maximum Gasteiger partial charge on any atom is 0.311 e. The van der Waals surface area contributed by atoms with Crippen molar-refractivity contribution in [3.8, 4) is 0 Å². The molecule has 1 N–H and O–H groups in total. The minimum Gasteiger partial charge on any atom is -0.466 e. The summed E-state index contributed by atoms with van der Waals surface area (Å²) in [6.45, 7) is 4.36. The van der Waals surface area contributed by atoms with Gasteiger partial charge in [0.05, 0.1) is 23.1 Å². The monoisotopic (exact) mass is 253 g/mol. The van der Waals surface area contributed by atoms with Crippen LogP contribution >= 0.6 is 11.3 Å². The quantitative estimate of drug-likeness (QED) is 0.821. The molecule has 0 fully saturated rings. The smallest absolute Gasteiger partial charge is 0.311 e. The molecule has 0 saturated heterocycles. The maximum absolute atomic E-state index is 12.2. The molecule has 1 aromatic heterocycles. The third-order valence-corrected chi connectivity index (χ3v) is 3.89. The van der Waals surface area contributed by atoms with E-state index < -0.39 is 5.92 Å². The summed E-state index contributed by atoms with van der Waals surface area (Å²) >= 11 is 1.49. The minimum atomic E-state index is -0.401. The Morgan fingerprint density at radius 2 is 2.41 bits per heavy atom. The van der Waals surface area contributed by atoms with Crippen molar-refractivity contribution in [2.45, 2.75) is 13.8 Å². The van der Waals surface area contributed by atoms with Crippen LogP contribution in [0.15, 0.2) is 11.4 Å². The number of nitrogens with one attached hydrogen (secondary N) is 1. The number of ether oxygens (including phenoxy) is 1. The SMILES string of the molecule is CCOC(=O)[C@@H]1CNc2sccc2C(=O)[C@@H]1C. The molecule has 1 aliphatic rings. The fraction of sp³-hybridized carbons (Fsp3) is 0.500. The third-order valence-electron chi connectivity index (χ3n) is 3.02. The molecular weight excluding hydrogens is 238 g/mol. The Morgan fingerprint density at radius 1 is 1.65 bits per heavy atom. The van der Waals surface area contributed by atoms with E-state index in [0.717, 1.165) is 5.00 Å². The molecule has 0 saturated carbocycles. The lowest BCUT2D eigenvalue weighted by molar-refractivity contribution is -0.148. The van der Waals surface area contributed by atoms with E-state index >= 15 is 0 Å². The van der Waals surface area contributed by atoms with Gasteiger partial charge in [0.15, 0.2) is 5.78 Å². The van der Waals surface area contributed by atoms with Crippen LogP contribution in [0.4, 0.5) is 5.00 Å². The number of carbonyl (C=O) groups excluding carboxylic acids is 2. The van der Waals surface area contributed by atoms with Gasteiger partial charge >= 0.3 is 5.97 Å². The number of rotatable bonds is 2. The third kappa shape index (κ3) is 2.20. The first kappa shape index (κ1) is 12.1. The van der Waals surface area contributed by atoms with Gasteiger partial charge in [-0.05, 0) is 18.4 Å². The van der Waals surface area contributed by atoms with Gasteiger partial charge in [0.1, 0.15) is 0 Å². The molecule has 0 bridgehead atoms. The average Bonchev–Trinajstić information content (AvgIpc) is 2.72. The summed E-state index contributed by atoms with van der Waals surface area (Å²) in [6.07, 6.45) is 0. The maximum atomic E-state index is 12.2. The van der Waals surface area contributed by atoms with Crippen LogP contribution in [-0.2, 0) is 9.53 Å². The fourth-order valence-electron chi connectivity index (χ4n) is 1.98. The summed E-state index contributed by atoms with van der Waals surface area (Å²) in [5.74, 6) is -1.01. The second kappa shape index (κ2) is 4.87. The molecule has 0 amide bonds. The topological polar surface area (TPSA) is 55.4 Å². The van der Waals surface area contributed by atoms with E-state index in [1.165, 1.54) is 11.3 Å². The molecule has 0 aliphatic carbocycles. The number of Topliss-reactive ketones (excluding diaryl/α,β-unsaturated/α-hetero) is 1. The fourth-order valence-corrected chi connectivity index (χ4v) is 2.79. The zero-order valence-electron chi connectivity index (χ0n) is 9.86. The van der Waals surface area contributed by atoms with E-state index in [1.54, 1.807) is 19.9 Å². The molecule has 2 heterocycles. The van der Waals surface area contributed by atoms with E-state index in [2.05, 4.69) is 5.32 Å². The van der Waals surface area contributed by atoms with Gasteiger partial charge < -0.3 is 10.1 Å². The Balaban J connectivity index is 2.23. The van der Waals surface area contributed by atoms with Gasteiger partial charge in [-0.2, -0.15) is 0 Å². The number of anilines is 1. The molecule has 17 heavy (non-hydrogen) atoms. The van der Waals surface area contributed by atoms with Crippen LogP contribution < -0.4 is 5.32 Å². The van der Waals surface area contributed by atoms with Gasteiger partial charge in [0, 0.05) is 12.5 Å². The Morgan fingerprint density at radius 3 is 3.12 bits per heavy atom. The highest BCUT2D eigenvalue weighted by Gasteiger charge is 2.35. The standard InChI is InChI=1S/C12H15NO3S/c1-3-16-12(15)9-6-13-11-8(4-5-17-11)10(14)7(9)2/h4-5,7,9,13H,3,6H2,1-2H3/t7-,9-/m1/s1. The van der Waals surface area contributed by atoms with Gasteiger partial charge in [-0.3, -0.25) is 9.59 Å². The molecule has 1 aromatic rings. The number of ketones is 1. The second-order valence-corrected chi connectivity index (χ2v) is 4.97. The number of carbonyl (C=O) groups is 2. The number of hydrogen-bond acceptors (Lipinski definition) is 5. The lowest BCUT2D eigenvalue weighted by Crippen LogP contribution is -2.32. The summed E-state index contributed by atoms with van der Waals surface area (Å²) in [6, 6.07) is 1.80. The Bertz CT molecular complexity index is 441. The molecular formula is C12H15NO3S. The van der Waals surface area contributed by atoms with Crippen molar-refractivity contribution in [2.75, 3.05) is 18.5 Å². The van der Waals surface area contributed by atoms with Crippen LogP contribution in [-0.4, -0.2) is 24.9 Å². The highest BCUT2D eigenvalue weighted by molar-refractivity contribution is 7.14. The number of esters is 1. The molecule has 4 nitrogen and oxygen atoms in total. The molecule has 0 spiro atoms. The lowest BCUT2D eigenvalue weighted by Gasteiger charge is -2.18. The van der Waals surface area contributed by atoms with Gasteiger partial charge in [0.25, 0.3) is 0 Å². The van der Waals surface area contributed by atoms with Crippen LogP contribution in [0.1, 0.15) is 24.2 Å². The van der Waals surface area contributed by atoms with Crippen molar-refractivity contribution >= 4 is 28.1 Å². The molecule has 5 heteroatoms. The molecule has 1 aliphatic heterocycles. The summed E-state index contributed by atoms with van der Waals surface area (Å²) in [4.78, 5) is 23.9. The molecule has 0 unspecified atom stereocenters. The van der Waals surface area contributed by atoms with Crippen molar-refractivity contribution < 1.29 is 14.3 Å². The number of fused-ring (bicyclic) bond motifs is 1. The van der Waals surface area contributed by atoms with E-state index in [9.17, 15) is 9.59 Å². The summed E-state index contributed by atoms with van der Waals surface area (Å²) in [5, 5.41) is 5.89. The largest absolute Gasteiger partial charge is 0.466 e. The van der Waals surface area contributed by atoms with E-state index in [1.807, 2.05) is 5.38 Å². The van der Waals surface area contributed by atoms with Gasteiger partial charge in [-0.25, -0.2) is 0 Å². The molecule has 0 radical (unpaired) electrons. The number of thiophene rings is 1. The van der Waals surface area contributed by atoms with Crippen molar-refractivity contribution in [1.29, 1.82) is 0 Å². The lowest BCUT2D eigenvalue weighted by atomic mass is 9.89. The first-order valence-electron chi connectivity index (χ1n) is 5.67. The summed E-state index contributed by atoms with van der Waals surface area (Å²) in [5.41, 5.74) is 0.689. The van der Waals surface area contributed by atoms with Crippen molar-refractivity contribution in [2.24, 2.45) is 11.8 Å². The van der Waals surface area contributed by atoms with E-state index in [0.29, 0.717) is 18.7 Å². The van der Waals surface area contributed by atoms with Crippen LogP contribution in [0.5, 0.6) is 0 Å². The molecule has 92 valence electrons. The van der Waals surface area contributed by atoms with Crippen molar-refractivity contribution in [3.63, 3.8) is 0 Å². The van der Waals surface area contributed by atoms with Crippen LogP contribution in [0.3, 0.4) is 0 Å². The molecule has 2 atom stereocenters. The van der Waals surface area contributed by atoms with Gasteiger partial charge in [-0.15, -0.1) is 11.3 Å². The van der Waals surface area contributed by atoms with Crippen molar-refractivity contribution in [1.82, 2.24) is 0 Å². The van der Waals surface area contributed by atoms with Crippen LogP contribution in [0, 0.1) is 11.8 Å².